The van der Waals surface area contributed by atoms with Crippen molar-refractivity contribution in [2.75, 3.05) is 19.4 Å². The minimum atomic E-state index is -3.54. The molecule has 0 unspecified atom stereocenters. The summed E-state index contributed by atoms with van der Waals surface area (Å²) in [5.74, 6) is -0.375. The standard InChI is InChI=1S/C19H17Cl2N3O3S2/c1-24(2)29(26,27)16-6-3-12(4-7-16)18(25)23-19-22-11-15(28-19)10-13-9-14(20)5-8-17(13)21/h3-9,11H,10H2,1-2H3,(H,22,23,25). The number of nitrogens with one attached hydrogen (secondary N) is 1. The number of halogens is 2. The number of carbonyl (C=O) groups is 1. The molecule has 10 heteroatoms. The first kappa shape index (κ1) is 21.7. The quantitative estimate of drug-likeness (QED) is 0.574. The molecule has 0 bridgehead atoms. The molecular formula is C19H17Cl2N3O3S2. The molecular weight excluding hydrogens is 453 g/mol. The van der Waals surface area contributed by atoms with Gasteiger partial charge in [-0.1, -0.05) is 23.2 Å². The lowest BCUT2D eigenvalue weighted by atomic mass is 10.1. The van der Waals surface area contributed by atoms with Crippen LogP contribution in [0.15, 0.2) is 53.6 Å². The lowest BCUT2D eigenvalue weighted by Gasteiger charge is -2.11. The Morgan fingerprint density at radius 3 is 2.48 bits per heavy atom. The molecule has 1 aromatic heterocycles. The number of carbonyl (C=O) groups excluding carboxylic acids is 1. The summed E-state index contributed by atoms with van der Waals surface area (Å²) < 4.78 is 25.3. The molecule has 1 amide bonds. The summed E-state index contributed by atoms with van der Waals surface area (Å²) in [6.07, 6.45) is 2.22. The van der Waals surface area contributed by atoms with E-state index in [-0.39, 0.29) is 10.8 Å². The average molecular weight is 470 g/mol. The fourth-order valence-corrected chi connectivity index (χ4v) is 4.58. The molecule has 0 spiro atoms. The third kappa shape index (κ3) is 5.15. The zero-order valence-corrected chi connectivity index (χ0v) is 18.7. The van der Waals surface area contributed by atoms with E-state index in [1.165, 1.54) is 49.7 Å². The summed E-state index contributed by atoms with van der Waals surface area (Å²) in [5, 5.41) is 4.37. The van der Waals surface area contributed by atoms with Gasteiger partial charge in [-0.3, -0.25) is 10.1 Å². The van der Waals surface area contributed by atoms with Gasteiger partial charge in [0.15, 0.2) is 5.13 Å². The van der Waals surface area contributed by atoms with Crippen molar-refractivity contribution in [3.63, 3.8) is 0 Å². The maximum atomic E-state index is 12.4. The topological polar surface area (TPSA) is 79.4 Å². The second-order valence-corrected chi connectivity index (χ2v) is 10.4. The van der Waals surface area contributed by atoms with Gasteiger partial charge < -0.3 is 0 Å². The van der Waals surface area contributed by atoms with Crippen LogP contribution in [0.25, 0.3) is 0 Å². The lowest BCUT2D eigenvalue weighted by molar-refractivity contribution is 0.102. The summed E-state index contributed by atoms with van der Waals surface area (Å²) in [6.45, 7) is 0. The van der Waals surface area contributed by atoms with Gasteiger partial charge in [0.25, 0.3) is 5.91 Å². The first-order valence-electron chi connectivity index (χ1n) is 8.39. The third-order valence-electron chi connectivity index (χ3n) is 4.04. The van der Waals surface area contributed by atoms with Crippen molar-refractivity contribution in [2.45, 2.75) is 11.3 Å². The van der Waals surface area contributed by atoms with Crippen LogP contribution in [0.4, 0.5) is 5.13 Å². The number of anilines is 1. The maximum absolute atomic E-state index is 12.4. The fourth-order valence-electron chi connectivity index (χ4n) is 2.47. The van der Waals surface area contributed by atoms with E-state index in [4.69, 9.17) is 23.2 Å². The van der Waals surface area contributed by atoms with Crippen molar-refractivity contribution in [3.8, 4) is 0 Å². The Labute approximate surface area is 183 Å². The number of aromatic nitrogens is 1. The predicted octanol–water partition coefficient (Wildman–Crippen LogP) is 4.54. The zero-order chi connectivity index (χ0) is 21.2. The van der Waals surface area contributed by atoms with Crippen LogP contribution in [0.3, 0.4) is 0 Å². The van der Waals surface area contributed by atoms with Crippen molar-refractivity contribution < 1.29 is 13.2 Å². The molecule has 0 aliphatic carbocycles. The van der Waals surface area contributed by atoms with E-state index >= 15 is 0 Å². The average Bonchev–Trinajstić information content (AvgIpc) is 3.11. The maximum Gasteiger partial charge on any atom is 0.257 e. The molecule has 29 heavy (non-hydrogen) atoms. The van der Waals surface area contributed by atoms with Crippen LogP contribution in [-0.4, -0.2) is 37.7 Å². The number of hydrogen-bond acceptors (Lipinski definition) is 5. The molecule has 0 saturated carbocycles. The Hall–Kier alpha value is -1.97. The molecule has 0 atom stereocenters. The highest BCUT2D eigenvalue weighted by atomic mass is 35.5. The van der Waals surface area contributed by atoms with E-state index < -0.39 is 10.0 Å². The minimum absolute atomic E-state index is 0.119. The number of rotatable bonds is 6. The number of hydrogen-bond donors (Lipinski definition) is 1. The second-order valence-electron chi connectivity index (χ2n) is 6.31. The normalized spacial score (nSPS) is 11.6. The summed E-state index contributed by atoms with van der Waals surface area (Å²) in [7, 11) is -0.638. The van der Waals surface area contributed by atoms with Crippen molar-refractivity contribution in [1.82, 2.24) is 9.29 Å². The van der Waals surface area contributed by atoms with Crippen LogP contribution in [0.2, 0.25) is 10.0 Å². The molecule has 1 heterocycles. The van der Waals surface area contributed by atoms with Gasteiger partial charge in [-0.25, -0.2) is 17.7 Å². The van der Waals surface area contributed by atoms with Crippen molar-refractivity contribution >= 4 is 55.6 Å². The summed E-state index contributed by atoms with van der Waals surface area (Å²) >= 11 is 13.5. The summed E-state index contributed by atoms with van der Waals surface area (Å²) in [6, 6.07) is 11.0. The van der Waals surface area contributed by atoms with Crippen molar-refractivity contribution in [3.05, 3.63) is 74.7 Å². The molecule has 2 aromatic carbocycles. The molecule has 0 aliphatic heterocycles. The van der Waals surface area contributed by atoms with E-state index in [0.717, 1.165) is 14.7 Å². The molecule has 0 aliphatic rings. The summed E-state index contributed by atoms with van der Waals surface area (Å²) in [5.41, 5.74) is 1.20. The molecule has 152 valence electrons. The zero-order valence-electron chi connectivity index (χ0n) is 15.5. The van der Waals surface area contributed by atoms with Crippen LogP contribution in [0.1, 0.15) is 20.8 Å². The number of nitrogens with zero attached hydrogens (tertiary/aromatic N) is 2. The molecule has 1 N–H and O–H groups in total. The van der Waals surface area contributed by atoms with Gasteiger partial charge in [0, 0.05) is 47.2 Å². The number of sulfonamides is 1. The van der Waals surface area contributed by atoms with E-state index in [1.54, 1.807) is 24.4 Å². The van der Waals surface area contributed by atoms with Gasteiger partial charge in [0.2, 0.25) is 10.0 Å². The Morgan fingerprint density at radius 2 is 1.83 bits per heavy atom. The highest BCUT2D eigenvalue weighted by molar-refractivity contribution is 7.89. The molecule has 6 nitrogen and oxygen atoms in total. The number of benzene rings is 2. The highest BCUT2D eigenvalue weighted by Gasteiger charge is 2.18. The predicted molar refractivity (Wildman–Crippen MR) is 117 cm³/mol. The van der Waals surface area contributed by atoms with Gasteiger partial charge in [0.05, 0.1) is 4.90 Å². The fraction of sp³-hybridized carbons (Fsp3) is 0.158. The highest BCUT2D eigenvalue weighted by Crippen LogP contribution is 2.27. The van der Waals surface area contributed by atoms with Gasteiger partial charge >= 0.3 is 0 Å². The second kappa shape index (κ2) is 8.81. The Morgan fingerprint density at radius 1 is 1.14 bits per heavy atom. The molecule has 0 radical (unpaired) electrons. The molecule has 3 rings (SSSR count). The van der Waals surface area contributed by atoms with Crippen molar-refractivity contribution in [1.29, 1.82) is 0 Å². The van der Waals surface area contributed by atoms with Crippen molar-refractivity contribution in [2.24, 2.45) is 0 Å². The van der Waals surface area contributed by atoms with E-state index in [9.17, 15) is 13.2 Å². The van der Waals surface area contributed by atoms with Crippen LogP contribution < -0.4 is 5.32 Å². The Kier molecular flexibility index (Phi) is 6.60. The van der Waals surface area contributed by atoms with Gasteiger partial charge in [-0.15, -0.1) is 11.3 Å². The molecule has 3 aromatic rings. The smallest absolute Gasteiger partial charge is 0.257 e. The Balaban J connectivity index is 1.69. The lowest BCUT2D eigenvalue weighted by Crippen LogP contribution is -2.22. The van der Waals surface area contributed by atoms with Gasteiger partial charge in [0.1, 0.15) is 0 Å². The largest absolute Gasteiger partial charge is 0.298 e. The molecule has 0 saturated heterocycles. The first-order chi connectivity index (χ1) is 13.7. The van der Waals surface area contributed by atoms with Crippen LogP contribution >= 0.6 is 34.5 Å². The monoisotopic (exact) mass is 469 g/mol. The number of amides is 1. The minimum Gasteiger partial charge on any atom is -0.298 e. The van der Waals surface area contributed by atoms with Gasteiger partial charge in [-0.05, 0) is 48.0 Å². The SMILES string of the molecule is CN(C)S(=O)(=O)c1ccc(C(=O)Nc2ncc(Cc3cc(Cl)ccc3Cl)s2)cc1. The van der Waals surface area contributed by atoms with Crippen LogP contribution in [0, 0.1) is 0 Å². The molecule has 0 fully saturated rings. The van der Waals surface area contributed by atoms with E-state index in [0.29, 0.717) is 27.2 Å². The van der Waals surface area contributed by atoms with Crippen LogP contribution in [0.5, 0.6) is 0 Å². The third-order valence-corrected chi connectivity index (χ3v) is 7.39. The van der Waals surface area contributed by atoms with E-state index in [1.807, 2.05) is 0 Å². The van der Waals surface area contributed by atoms with Gasteiger partial charge in [-0.2, -0.15) is 0 Å². The Bertz CT molecular complexity index is 1140. The van der Waals surface area contributed by atoms with Crippen LogP contribution in [-0.2, 0) is 16.4 Å². The number of thiazole rings is 1. The summed E-state index contributed by atoms with van der Waals surface area (Å²) in [4.78, 5) is 17.7. The van der Waals surface area contributed by atoms with E-state index in [2.05, 4.69) is 10.3 Å². The first-order valence-corrected chi connectivity index (χ1v) is 11.4.